The van der Waals surface area contributed by atoms with Crippen molar-refractivity contribution < 1.29 is 14.5 Å². The van der Waals surface area contributed by atoms with Crippen LogP contribution in [0.1, 0.15) is 48.6 Å². The zero-order valence-corrected chi connectivity index (χ0v) is 20.8. The van der Waals surface area contributed by atoms with Crippen LogP contribution in [0.5, 0.6) is 0 Å². The van der Waals surface area contributed by atoms with Crippen LogP contribution in [0.4, 0.5) is 11.4 Å². The summed E-state index contributed by atoms with van der Waals surface area (Å²) in [5, 5.41) is 25.8. The fraction of sp³-hybridized carbons (Fsp3) is 0.333. The highest BCUT2D eigenvalue weighted by molar-refractivity contribution is 7.99. The van der Waals surface area contributed by atoms with Gasteiger partial charge in [-0.05, 0) is 36.1 Å². The number of benzene rings is 2. The van der Waals surface area contributed by atoms with Crippen LogP contribution < -0.4 is 10.6 Å². The monoisotopic (exact) mass is 496 g/mol. The minimum absolute atomic E-state index is 0.0345. The Morgan fingerprint density at radius 1 is 1.14 bits per heavy atom. The summed E-state index contributed by atoms with van der Waals surface area (Å²) in [5.41, 5.74) is 1.96. The lowest BCUT2D eigenvalue weighted by Crippen LogP contribution is -2.33. The van der Waals surface area contributed by atoms with Crippen molar-refractivity contribution in [3.63, 3.8) is 0 Å². The van der Waals surface area contributed by atoms with Crippen molar-refractivity contribution >= 4 is 35.0 Å². The highest BCUT2D eigenvalue weighted by Gasteiger charge is 2.26. The molecule has 3 aromatic rings. The van der Waals surface area contributed by atoms with Crippen molar-refractivity contribution in [2.45, 2.75) is 38.4 Å². The highest BCUT2D eigenvalue weighted by atomic mass is 32.2. The normalized spacial score (nSPS) is 11.8. The van der Waals surface area contributed by atoms with E-state index in [1.807, 2.05) is 38.1 Å². The predicted molar refractivity (Wildman–Crippen MR) is 134 cm³/mol. The average Bonchev–Trinajstić information content (AvgIpc) is 3.21. The molecular formula is C24H28N6O4S. The Bertz CT molecular complexity index is 1210. The molecule has 10 nitrogen and oxygen atoms in total. The van der Waals surface area contributed by atoms with Crippen molar-refractivity contribution in [3.8, 4) is 0 Å². The summed E-state index contributed by atoms with van der Waals surface area (Å²) in [6, 6.07) is 12.8. The van der Waals surface area contributed by atoms with Gasteiger partial charge < -0.3 is 15.2 Å². The van der Waals surface area contributed by atoms with Crippen LogP contribution in [0.3, 0.4) is 0 Å². The minimum atomic E-state index is -0.542. The predicted octanol–water partition coefficient (Wildman–Crippen LogP) is 4.14. The highest BCUT2D eigenvalue weighted by Crippen LogP contribution is 2.25. The van der Waals surface area contributed by atoms with Crippen LogP contribution in [0, 0.1) is 16.0 Å². The number of amides is 2. The molecule has 1 heterocycles. The molecule has 0 unspecified atom stereocenters. The van der Waals surface area contributed by atoms with E-state index in [-0.39, 0.29) is 28.8 Å². The van der Waals surface area contributed by atoms with Crippen molar-refractivity contribution in [1.29, 1.82) is 0 Å². The lowest BCUT2D eigenvalue weighted by Gasteiger charge is -2.21. The zero-order chi connectivity index (χ0) is 25.5. The number of carbonyl (C=O) groups excluding carboxylic acids is 2. The van der Waals surface area contributed by atoms with Gasteiger partial charge in [0.05, 0.1) is 16.7 Å². The first-order valence-electron chi connectivity index (χ1n) is 11.2. The maximum Gasteiger partial charge on any atom is 0.270 e. The molecule has 0 saturated heterocycles. The van der Waals surface area contributed by atoms with Crippen LogP contribution in [0.15, 0.2) is 53.7 Å². The second kappa shape index (κ2) is 11.6. The number of nitrogens with one attached hydrogen (secondary N) is 2. The van der Waals surface area contributed by atoms with Crippen molar-refractivity contribution in [1.82, 2.24) is 20.1 Å². The Labute approximate surface area is 207 Å². The van der Waals surface area contributed by atoms with E-state index in [1.165, 1.54) is 41.6 Å². The number of aryl methyl sites for hydroxylation is 1. The molecule has 0 saturated carbocycles. The van der Waals surface area contributed by atoms with Crippen LogP contribution >= 0.6 is 11.8 Å². The maximum atomic E-state index is 12.8. The first kappa shape index (κ1) is 25.9. The van der Waals surface area contributed by atoms with Gasteiger partial charge in [0.15, 0.2) is 11.0 Å². The number of aromatic nitrogens is 3. The summed E-state index contributed by atoms with van der Waals surface area (Å²) in [6.45, 7) is 5.93. The Hall–Kier alpha value is -3.73. The summed E-state index contributed by atoms with van der Waals surface area (Å²) >= 11 is 1.24. The minimum Gasteiger partial charge on any atom is -0.342 e. The first-order chi connectivity index (χ1) is 16.7. The number of carbonyl (C=O) groups is 2. The molecule has 0 aliphatic rings. The summed E-state index contributed by atoms with van der Waals surface area (Å²) in [5.74, 6) is 0.0272. The van der Waals surface area contributed by atoms with Gasteiger partial charge in [-0.15, -0.1) is 10.2 Å². The molecule has 0 bridgehead atoms. The van der Waals surface area contributed by atoms with Gasteiger partial charge in [0, 0.05) is 30.4 Å². The van der Waals surface area contributed by atoms with Crippen LogP contribution in [0.25, 0.3) is 0 Å². The molecule has 184 valence electrons. The van der Waals surface area contributed by atoms with E-state index in [0.717, 1.165) is 12.1 Å². The topological polar surface area (TPSA) is 132 Å². The van der Waals surface area contributed by atoms with Gasteiger partial charge >= 0.3 is 0 Å². The molecule has 11 heteroatoms. The molecule has 2 N–H and O–H groups in total. The van der Waals surface area contributed by atoms with Gasteiger partial charge in [0.25, 0.3) is 11.6 Å². The molecule has 0 aliphatic heterocycles. The van der Waals surface area contributed by atoms with E-state index >= 15 is 0 Å². The Morgan fingerprint density at radius 2 is 1.86 bits per heavy atom. The molecule has 2 aromatic carbocycles. The van der Waals surface area contributed by atoms with Gasteiger partial charge in [0.1, 0.15) is 0 Å². The van der Waals surface area contributed by atoms with Gasteiger partial charge in [-0.25, -0.2) is 0 Å². The molecule has 0 radical (unpaired) electrons. The average molecular weight is 497 g/mol. The third kappa shape index (κ3) is 6.66. The molecule has 2 amide bonds. The quantitative estimate of drug-likeness (QED) is 0.245. The molecule has 3 rings (SSSR count). The summed E-state index contributed by atoms with van der Waals surface area (Å²) in [6.07, 6.45) is 0.932. The van der Waals surface area contributed by atoms with Crippen LogP contribution in [0.2, 0.25) is 0 Å². The zero-order valence-electron chi connectivity index (χ0n) is 20.0. The molecule has 35 heavy (non-hydrogen) atoms. The molecule has 1 atom stereocenters. The van der Waals surface area contributed by atoms with E-state index in [9.17, 15) is 19.7 Å². The lowest BCUT2D eigenvalue weighted by atomic mass is 10.0. The molecule has 0 aliphatic carbocycles. The van der Waals surface area contributed by atoms with Gasteiger partial charge in [0.2, 0.25) is 5.91 Å². The first-order valence-corrected chi connectivity index (χ1v) is 12.1. The Kier molecular flexibility index (Phi) is 8.58. The summed E-state index contributed by atoms with van der Waals surface area (Å²) in [4.78, 5) is 35.7. The molecule has 1 aromatic heterocycles. The van der Waals surface area contributed by atoms with E-state index in [4.69, 9.17) is 0 Å². The molecular weight excluding hydrogens is 468 g/mol. The number of nitro benzene ring substituents is 1. The van der Waals surface area contributed by atoms with E-state index < -0.39 is 16.9 Å². The molecule has 0 fully saturated rings. The molecule has 0 spiro atoms. The number of anilines is 1. The summed E-state index contributed by atoms with van der Waals surface area (Å²) < 4.78 is 1.74. The van der Waals surface area contributed by atoms with Crippen molar-refractivity contribution in [2.24, 2.45) is 13.0 Å². The fourth-order valence-corrected chi connectivity index (χ4v) is 4.11. The van der Waals surface area contributed by atoms with Crippen LogP contribution in [-0.4, -0.2) is 37.3 Å². The number of hydrogen-bond acceptors (Lipinski definition) is 7. The largest absolute Gasteiger partial charge is 0.342 e. The number of thioether (sulfide) groups is 1. The van der Waals surface area contributed by atoms with E-state index in [1.54, 1.807) is 11.6 Å². The van der Waals surface area contributed by atoms with E-state index in [2.05, 4.69) is 27.8 Å². The second-order valence-corrected chi connectivity index (χ2v) is 9.23. The Balaban J connectivity index is 1.66. The maximum absolute atomic E-state index is 12.8. The van der Waals surface area contributed by atoms with Crippen LogP contribution in [-0.2, 0) is 18.3 Å². The van der Waals surface area contributed by atoms with E-state index in [0.29, 0.717) is 11.0 Å². The third-order valence-electron chi connectivity index (χ3n) is 5.40. The smallest absolute Gasteiger partial charge is 0.270 e. The standard InChI is InChI=1S/C24H28N6O4S/c1-5-16-9-11-18(12-10-16)25-20(31)14-35-24-28-27-22(29(24)4)21(15(2)3)26-23(32)17-7-6-8-19(13-17)30(33)34/h6-13,15,21H,5,14H2,1-4H3,(H,25,31)(H,26,32)/t21-/m1/s1. The Morgan fingerprint density at radius 3 is 2.49 bits per heavy atom. The van der Waals surface area contributed by atoms with Gasteiger partial charge in [-0.1, -0.05) is 50.7 Å². The third-order valence-corrected chi connectivity index (χ3v) is 6.42. The number of hydrogen-bond donors (Lipinski definition) is 2. The number of nitro groups is 1. The summed E-state index contributed by atoms with van der Waals surface area (Å²) in [7, 11) is 1.77. The van der Waals surface area contributed by atoms with Gasteiger partial charge in [-0.2, -0.15) is 0 Å². The van der Waals surface area contributed by atoms with Crippen molar-refractivity contribution in [2.75, 3.05) is 11.1 Å². The SMILES string of the molecule is CCc1ccc(NC(=O)CSc2nnc([C@H](NC(=O)c3cccc([N+](=O)[O-])c3)C(C)C)n2C)cc1. The number of rotatable bonds is 10. The lowest BCUT2D eigenvalue weighted by molar-refractivity contribution is -0.384. The number of non-ortho nitro benzene ring substituents is 1. The van der Waals surface area contributed by atoms with Crippen molar-refractivity contribution in [3.05, 3.63) is 75.6 Å². The second-order valence-electron chi connectivity index (χ2n) is 8.29. The number of nitrogens with zero attached hydrogens (tertiary/aromatic N) is 4. The van der Waals surface area contributed by atoms with Gasteiger partial charge in [-0.3, -0.25) is 19.7 Å². The fourth-order valence-electron chi connectivity index (χ4n) is 3.39.